The Hall–Kier alpha value is -1.29. The Labute approximate surface area is 105 Å². The van der Waals surface area contributed by atoms with Gasteiger partial charge in [-0.3, -0.25) is 4.79 Å². The zero-order valence-electron chi connectivity index (χ0n) is 10.5. The Bertz CT molecular complexity index is 539. The number of hydrogen-bond acceptors (Lipinski definition) is 2. The summed E-state index contributed by atoms with van der Waals surface area (Å²) in [6.07, 6.45) is 0.964. The first-order chi connectivity index (χ1) is 8.17. The molecule has 1 amide bonds. The molecule has 0 aliphatic heterocycles. The van der Waals surface area contributed by atoms with Gasteiger partial charge >= 0.3 is 0 Å². The predicted molar refractivity (Wildman–Crippen MR) is 72.9 cm³/mol. The molecular formula is C13H18N2OS. The Kier molecular flexibility index (Phi) is 3.52. The lowest BCUT2D eigenvalue weighted by molar-refractivity contribution is 0.0945. The van der Waals surface area contributed by atoms with Gasteiger partial charge in [0.1, 0.15) is 5.69 Å². The molecule has 2 aromatic rings. The highest BCUT2D eigenvalue weighted by molar-refractivity contribution is 7.19. The Morgan fingerprint density at radius 2 is 2.18 bits per heavy atom. The highest BCUT2D eigenvalue weighted by Crippen LogP contribution is 2.28. The van der Waals surface area contributed by atoms with Gasteiger partial charge < -0.3 is 9.88 Å². The standard InChI is InChI=1S/C13H18N2OS/c1-4-6-14-13(16)11-8-12-10(15(11)5-2)7-9(3)17-12/h7-8H,4-6H2,1-3H3,(H,14,16). The number of rotatable bonds is 4. The van der Waals surface area contributed by atoms with Crippen molar-refractivity contribution < 1.29 is 4.79 Å². The maximum atomic E-state index is 12.0. The Morgan fingerprint density at radius 3 is 2.82 bits per heavy atom. The summed E-state index contributed by atoms with van der Waals surface area (Å²) in [5.74, 6) is 0.0368. The number of carbonyl (C=O) groups excluding carboxylic acids is 1. The molecule has 2 rings (SSSR count). The average Bonchev–Trinajstić information content (AvgIpc) is 2.81. The third-order valence-corrected chi connectivity index (χ3v) is 3.78. The van der Waals surface area contributed by atoms with E-state index in [9.17, 15) is 4.79 Å². The van der Waals surface area contributed by atoms with E-state index in [1.54, 1.807) is 11.3 Å². The molecule has 0 aliphatic carbocycles. The topological polar surface area (TPSA) is 34.0 Å². The van der Waals surface area contributed by atoms with E-state index in [0.29, 0.717) is 0 Å². The van der Waals surface area contributed by atoms with Crippen LogP contribution in [-0.2, 0) is 6.54 Å². The number of carbonyl (C=O) groups is 1. The number of amides is 1. The lowest BCUT2D eigenvalue weighted by Gasteiger charge is -2.07. The van der Waals surface area contributed by atoms with E-state index in [1.807, 2.05) is 6.07 Å². The normalized spacial score (nSPS) is 11.0. The van der Waals surface area contributed by atoms with Gasteiger partial charge in [-0.15, -0.1) is 11.3 Å². The number of nitrogens with zero attached hydrogens (tertiary/aromatic N) is 1. The molecule has 0 spiro atoms. The van der Waals surface area contributed by atoms with Crippen LogP contribution in [0.5, 0.6) is 0 Å². The van der Waals surface area contributed by atoms with Crippen LogP contribution in [0.15, 0.2) is 12.1 Å². The van der Waals surface area contributed by atoms with Crippen LogP contribution in [0.3, 0.4) is 0 Å². The minimum absolute atomic E-state index is 0.0368. The van der Waals surface area contributed by atoms with Gasteiger partial charge in [-0.2, -0.15) is 0 Å². The van der Waals surface area contributed by atoms with Gasteiger partial charge in [0.05, 0.1) is 10.2 Å². The second-order valence-electron chi connectivity index (χ2n) is 4.14. The number of thiophene rings is 1. The summed E-state index contributed by atoms with van der Waals surface area (Å²) in [4.78, 5) is 13.3. The summed E-state index contributed by atoms with van der Waals surface area (Å²) in [5.41, 5.74) is 1.96. The van der Waals surface area contributed by atoms with Gasteiger partial charge in [-0.25, -0.2) is 0 Å². The molecule has 4 heteroatoms. The van der Waals surface area contributed by atoms with Gasteiger partial charge in [-0.05, 0) is 32.4 Å². The summed E-state index contributed by atoms with van der Waals surface area (Å²) >= 11 is 1.74. The highest BCUT2D eigenvalue weighted by Gasteiger charge is 2.15. The molecule has 0 unspecified atom stereocenters. The minimum atomic E-state index is 0.0368. The molecule has 0 fully saturated rings. The van der Waals surface area contributed by atoms with E-state index in [2.05, 4.69) is 36.7 Å². The first kappa shape index (κ1) is 12.2. The number of fused-ring (bicyclic) bond motifs is 1. The number of aryl methyl sites for hydroxylation is 2. The maximum absolute atomic E-state index is 12.0. The van der Waals surface area contributed by atoms with Crippen LogP contribution in [-0.4, -0.2) is 17.0 Å². The summed E-state index contributed by atoms with van der Waals surface area (Å²) < 4.78 is 3.29. The molecule has 3 nitrogen and oxygen atoms in total. The molecule has 0 aromatic carbocycles. The molecule has 0 saturated carbocycles. The highest BCUT2D eigenvalue weighted by atomic mass is 32.1. The van der Waals surface area contributed by atoms with Crippen molar-refractivity contribution >= 4 is 27.5 Å². The second kappa shape index (κ2) is 4.92. The van der Waals surface area contributed by atoms with Crippen LogP contribution in [0.2, 0.25) is 0 Å². The van der Waals surface area contributed by atoms with E-state index in [0.717, 1.165) is 25.2 Å². The van der Waals surface area contributed by atoms with Gasteiger partial charge in [0, 0.05) is 18.0 Å². The number of aromatic nitrogens is 1. The van der Waals surface area contributed by atoms with Gasteiger partial charge in [0.15, 0.2) is 0 Å². The molecule has 92 valence electrons. The largest absolute Gasteiger partial charge is 0.351 e. The zero-order valence-corrected chi connectivity index (χ0v) is 11.4. The van der Waals surface area contributed by atoms with Crippen molar-refractivity contribution in [3.63, 3.8) is 0 Å². The molecule has 2 aromatic heterocycles. The smallest absolute Gasteiger partial charge is 0.267 e. The quantitative estimate of drug-likeness (QED) is 0.888. The van der Waals surface area contributed by atoms with Crippen LogP contribution in [0.1, 0.15) is 35.6 Å². The van der Waals surface area contributed by atoms with E-state index < -0.39 is 0 Å². The molecule has 0 aliphatic rings. The minimum Gasteiger partial charge on any atom is -0.351 e. The summed E-state index contributed by atoms with van der Waals surface area (Å²) in [6.45, 7) is 7.79. The SMILES string of the molecule is CCCNC(=O)c1cc2sc(C)cc2n1CC. The zero-order chi connectivity index (χ0) is 12.4. The summed E-state index contributed by atoms with van der Waals surface area (Å²) in [7, 11) is 0. The Morgan fingerprint density at radius 1 is 1.41 bits per heavy atom. The molecule has 1 N–H and O–H groups in total. The average molecular weight is 250 g/mol. The number of hydrogen-bond donors (Lipinski definition) is 1. The lowest BCUT2D eigenvalue weighted by Crippen LogP contribution is -2.26. The lowest BCUT2D eigenvalue weighted by atomic mass is 10.4. The molecule has 0 bridgehead atoms. The van der Waals surface area contributed by atoms with Crippen molar-refractivity contribution in [2.24, 2.45) is 0 Å². The summed E-state index contributed by atoms with van der Waals surface area (Å²) in [5, 5.41) is 2.93. The Balaban J connectivity index is 2.39. The third-order valence-electron chi connectivity index (χ3n) is 2.80. The van der Waals surface area contributed by atoms with E-state index in [4.69, 9.17) is 0 Å². The van der Waals surface area contributed by atoms with E-state index in [1.165, 1.54) is 15.1 Å². The predicted octanol–water partition coefficient (Wildman–Crippen LogP) is 3.17. The fourth-order valence-corrected chi connectivity index (χ4v) is 2.98. The van der Waals surface area contributed by atoms with Crippen molar-refractivity contribution in [2.45, 2.75) is 33.7 Å². The fourth-order valence-electron chi connectivity index (χ4n) is 2.02. The maximum Gasteiger partial charge on any atom is 0.267 e. The van der Waals surface area contributed by atoms with Crippen molar-refractivity contribution in [1.82, 2.24) is 9.88 Å². The monoisotopic (exact) mass is 250 g/mol. The van der Waals surface area contributed by atoms with Crippen LogP contribution >= 0.6 is 11.3 Å². The van der Waals surface area contributed by atoms with E-state index in [-0.39, 0.29) is 5.91 Å². The number of nitrogens with one attached hydrogen (secondary N) is 1. The van der Waals surface area contributed by atoms with Gasteiger partial charge in [0.2, 0.25) is 0 Å². The summed E-state index contributed by atoms with van der Waals surface area (Å²) in [6, 6.07) is 4.15. The second-order valence-corrected chi connectivity index (χ2v) is 5.42. The molecule has 17 heavy (non-hydrogen) atoms. The van der Waals surface area contributed by atoms with E-state index >= 15 is 0 Å². The van der Waals surface area contributed by atoms with Gasteiger partial charge in [-0.1, -0.05) is 6.92 Å². The molecule has 0 atom stereocenters. The first-order valence-electron chi connectivity index (χ1n) is 6.05. The molecular weight excluding hydrogens is 232 g/mol. The van der Waals surface area contributed by atoms with Crippen molar-refractivity contribution in [3.8, 4) is 0 Å². The van der Waals surface area contributed by atoms with Crippen LogP contribution in [0.4, 0.5) is 0 Å². The van der Waals surface area contributed by atoms with Crippen molar-refractivity contribution in [3.05, 3.63) is 22.7 Å². The van der Waals surface area contributed by atoms with Crippen LogP contribution in [0, 0.1) is 6.92 Å². The first-order valence-corrected chi connectivity index (χ1v) is 6.86. The van der Waals surface area contributed by atoms with Crippen LogP contribution in [0.25, 0.3) is 10.2 Å². The molecule has 0 radical (unpaired) electrons. The molecule has 2 heterocycles. The fraction of sp³-hybridized carbons (Fsp3) is 0.462. The van der Waals surface area contributed by atoms with Crippen LogP contribution < -0.4 is 5.32 Å². The van der Waals surface area contributed by atoms with Crippen molar-refractivity contribution in [2.75, 3.05) is 6.54 Å². The van der Waals surface area contributed by atoms with Gasteiger partial charge in [0.25, 0.3) is 5.91 Å². The molecule has 0 saturated heterocycles. The third kappa shape index (κ3) is 2.22. The van der Waals surface area contributed by atoms with Crippen molar-refractivity contribution in [1.29, 1.82) is 0 Å².